The topological polar surface area (TPSA) is 83.0 Å². The second kappa shape index (κ2) is 6.15. The normalized spacial score (nSPS) is 10.9. The number of nitrogens with zero attached hydrogens (tertiary/aromatic N) is 3. The Labute approximate surface area is 128 Å². The van der Waals surface area contributed by atoms with E-state index in [2.05, 4.69) is 9.97 Å². The van der Waals surface area contributed by atoms with Crippen LogP contribution in [0.15, 0.2) is 41.5 Å². The predicted molar refractivity (Wildman–Crippen MR) is 85.9 cm³/mol. The highest BCUT2D eigenvalue weighted by molar-refractivity contribution is 7.98. The van der Waals surface area contributed by atoms with E-state index in [4.69, 9.17) is 10.5 Å². The third kappa shape index (κ3) is 3.17. The number of thiazole rings is 1. The Morgan fingerprint density at radius 3 is 2.95 bits per heavy atom. The minimum Gasteiger partial charge on any atom is -0.493 e. The van der Waals surface area contributed by atoms with Crippen molar-refractivity contribution in [1.82, 2.24) is 13.9 Å². The van der Waals surface area contributed by atoms with Crippen LogP contribution in [0.5, 0.6) is 5.75 Å². The van der Waals surface area contributed by atoms with Gasteiger partial charge in [0.25, 0.3) is 5.56 Å². The lowest BCUT2D eigenvalue weighted by Gasteiger charge is -2.07. The molecule has 8 heteroatoms. The molecule has 0 saturated heterocycles. The van der Waals surface area contributed by atoms with Crippen LogP contribution in [-0.4, -0.2) is 26.3 Å². The van der Waals surface area contributed by atoms with Gasteiger partial charge in [-0.05, 0) is 24.1 Å². The molecule has 0 unspecified atom stereocenters. The van der Waals surface area contributed by atoms with Gasteiger partial charge in [0.1, 0.15) is 16.8 Å². The average Bonchev–Trinajstić information content (AvgIpc) is 2.89. The number of rotatable bonds is 5. The number of aromatic nitrogens is 3. The molecule has 0 radical (unpaired) electrons. The van der Waals surface area contributed by atoms with Gasteiger partial charge in [-0.3, -0.25) is 8.77 Å². The van der Waals surface area contributed by atoms with Crippen molar-refractivity contribution in [2.45, 2.75) is 0 Å². The molecule has 3 rings (SSSR count). The second-order valence-electron chi connectivity index (χ2n) is 4.08. The summed E-state index contributed by atoms with van der Waals surface area (Å²) < 4.78 is 7.84. The molecule has 21 heavy (non-hydrogen) atoms. The van der Waals surface area contributed by atoms with Crippen molar-refractivity contribution in [2.24, 2.45) is 0 Å². The quantitative estimate of drug-likeness (QED) is 0.724. The molecule has 2 heterocycles. The maximum absolute atomic E-state index is 11.6. The van der Waals surface area contributed by atoms with E-state index in [1.54, 1.807) is 3.97 Å². The van der Waals surface area contributed by atoms with Crippen LogP contribution in [0.4, 0.5) is 5.13 Å². The summed E-state index contributed by atoms with van der Waals surface area (Å²) >= 11 is 2.63. The van der Waals surface area contributed by atoms with Gasteiger partial charge < -0.3 is 10.5 Å². The fourth-order valence-corrected chi connectivity index (χ4v) is 3.24. The number of benzene rings is 1. The first kappa shape index (κ1) is 13.9. The zero-order chi connectivity index (χ0) is 14.7. The average molecular weight is 320 g/mol. The molecular formula is C13H12N4O2S2. The molecule has 2 aromatic heterocycles. The lowest BCUT2D eigenvalue weighted by atomic mass is 10.3. The number of anilines is 1. The molecule has 0 aliphatic rings. The van der Waals surface area contributed by atoms with E-state index in [-0.39, 0.29) is 5.56 Å². The fourth-order valence-electron chi connectivity index (χ4n) is 1.74. The van der Waals surface area contributed by atoms with Gasteiger partial charge in [0.15, 0.2) is 10.8 Å². The number of hydrogen-bond acceptors (Lipinski definition) is 7. The van der Waals surface area contributed by atoms with E-state index >= 15 is 0 Å². The number of para-hydroxylation sites is 1. The zero-order valence-electron chi connectivity index (χ0n) is 10.9. The molecule has 6 nitrogen and oxygen atoms in total. The SMILES string of the molecule is Nc1nc2c(s1)c(=O)ncn2SCCOc1ccccc1. The molecule has 108 valence electrons. The minimum absolute atomic E-state index is 0.295. The van der Waals surface area contributed by atoms with Crippen LogP contribution < -0.4 is 16.0 Å². The van der Waals surface area contributed by atoms with Gasteiger partial charge in [-0.2, -0.15) is 4.98 Å². The monoisotopic (exact) mass is 320 g/mol. The van der Waals surface area contributed by atoms with E-state index in [0.717, 1.165) is 17.1 Å². The first-order valence-electron chi connectivity index (χ1n) is 6.19. The molecule has 2 N–H and O–H groups in total. The first-order chi connectivity index (χ1) is 10.2. The van der Waals surface area contributed by atoms with E-state index in [0.29, 0.717) is 27.8 Å². The summed E-state index contributed by atoms with van der Waals surface area (Å²) in [5, 5.41) is 0.366. The molecule has 0 aliphatic heterocycles. The van der Waals surface area contributed by atoms with E-state index in [1.165, 1.54) is 18.3 Å². The highest BCUT2D eigenvalue weighted by Crippen LogP contribution is 2.22. The minimum atomic E-state index is -0.295. The Bertz CT molecular complexity index is 801. The van der Waals surface area contributed by atoms with Crippen molar-refractivity contribution in [1.29, 1.82) is 0 Å². The number of nitrogens with two attached hydrogens (primary N) is 1. The van der Waals surface area contributed by atoms with E-state index < -0.39 is 0 Å². The summed E-state index contributed by atoms with van der Waals surface area (Å²) in [5.74, 6) is 1.53. The van der Waals surface area contributed by atoms with Crippen molar-refractivity contribution in [3.63, 3.8) is 0 Å². The van der Waals surface area contributed by atoms with Crippen LogP contribution >= 0.6 is 23.3 Å². The summed E-state index contributed by atoms with van der Waals surface area (Å²) in [4.78, 5) is 19.6. The van der Waals surface area contributed by atoms with Gasteiger partial charge in [-0.25, -0.2) is 4.98 Å². The molecule has 0 atom stereocenters. The maximum Gasteiger partial charge on any atom is 0.292 e. The predicted octanol–water partition coefficient (Wildman–Crippen LogP) is 2.01. The van der Waals surface area contributed by atoms with Crippen molar-refractivity contribution in [3.05, 3.63) is 47.0 Å². The van der Waals surface area contributed by atoms with Crippen LogP contribution in [0.2, 0.25) is 0 Å². The van der Waals surface area contributed by atoms with Crippen LogP contribution in [0.1, 0.15) is 0 Å². The Balaban J connectivity index is 1.66. The maximum atomic E-state index is 11.6. The Hall–Kier alpha value is -2.06. The van der Waals surface area contributed by atoms with Crippen molar-refractivity contribution in [2.75, 3.05) is 18.1 Å². The first-order valence-corrected chi connectivity index (χ1v) is 7.95. The standard InChI is InChI=1S/C13H12N4O2S2/c14-13-16-11-10(21-13)12(18)15-8-17(11)20-7-6-19-9-4-2-1-3-5-9/h1-5,8H,6-7H2,(H2,14,16). The fraction of sp³-hybridized carbons (Fsp3) is 0.154. The van der Waals surface area contributed by atoms with Crippen molar-refractivity contribution >= 4 is 38.8 Å². The van der Waals surface area contributed by atoms with Gasteiger partial charge in [0, 0.05) is 5.75 Å². The number of fused-ring (bicyclic) bond motifs is 1. The van der Waals surface area contributed by atoms with Gasteiger partial charge in [-0.1, -0.05) is 29.5 Å². The molecule has 0 saturated carbocycles. The highest BCUT2D eigenvalue weighted by Gasteiger charge is 2.10. The van der Waals surface area contributed by atoms with Crippen LogP contribution in [-0.2, 0) is 0 Å². The van der Waals surface area contributed by atoms with Gasteiger partial charge in [0.05, 0.1) is 6.61 Å². The number of hydrogen-bond donors (Lipinski definition) is 1. The Kier molecular flexibility index (Phi) is 4.07. The zero-order valence-corrected chi connectivity index (χ0v) is 12.6. The molecule has 3 aromatic rings. The largest absolute Gasteiger partial charge is 0.493 e. The van der Waals surface area contributed by atoms with E-state index in [1.807, 2.05) is 30.3 Å². The Morgan fingerprint density at radius 2 is 2.14 bits per heavy atom. The smallest absolute Gasteiger partial charge is 0.292 e. The van der Waals surface area contributed by atoms with Crippen LogP contribution in [0.25, 0.3) is 10.3 Å². The second-order valence-corrected chi connectivity index (χ2v) is 6.17. The Morgan fingerprint density at radius 1 is 1.33 bits per heavy atom. The van der Waals surface area contributed by atoms with E-state index in [9.17, 15) is 4.79 Å². The summed E-state index contributed by atoms with van der Waals surface area (Å²) in [6.07, 6.45) is 1.47. The summed E-state index contributed by atoms with van der Waals surface area (Å²) in [7, 11) is 0. The third-order valence-corrected chi connectivity index (χ3v) is 4.39. The van der Waals surface area contributed by atoms with Crippen LogP contribution in [0.3, 0.4) is 0 Å². The third-order valence-electron chi connectivity index (χ3n) is 2.63. The van der Waals surface area contributed by atoms with Crippen molar-refractivity contribution < 1.29 is 4.74 Å². The van der Waals surface area contributed by atoms with Crippen molar-refractivity contribution in [3.8, 4) is 5.75 Å². The highest BCUT2D eigenvalue weighted by atomic mass is 32.2. The molecule has 0 spiro atoms. The summed E-state index contributed by atoms with van der Waals surface area (Å²) in [6.45, 7) is 0.544. The summed E-state index contributed by atoms with van der Waals surface area (Å²) in [5.41, 5.74) is 5.92. The molecule has 0 bridgehead atoms. The lowest BCUT2D eigenvalue weighted by molar-refractivity contribution is 0.344. The molecule has 0 fully saturated rings. The van der Waals surface area contributed by atoms with Crippen LogP contribution in [0, 0.1) is 0 Å². The molecule has 0 aliphatic carbocycles. The molecule has 0 amide bonds. The van der Waals surface area contributed by atoms with Gasteiger partial charge in [-0.15, -0.1) is 0 Å². The number of ether oxygens (including phenoxy) is 1. The summed E-state index contributed by atoms with van der Waals surface area (Å²) in [6, 6.07) is 9.61. The lowest BCUT2D eigenvalue weighted by Crippen LogP contribution is -2.09. The molecular weight excluding hydrogens is 308 g/mol. The van der Waals surface area contributed by atoms with Gasteiger partial charge >= 0.3 is 0 Å². The number of nitrogen functional groups attached to an aromatic ring is 1. The molecule has 1 aromatic carbocycles. The van der Waals surface area contributed by atoms with Gasteiger partial charge in [0.2, 0.25) is 0 Å².